The maximum atomic E-state index is 12.1. The Morgan fingerprint density at radius 1 is 1.47 bits per heavy atom. The van der Waals surface area contributed by atoms with Crippen LogP contribution in [0.25, 0.3) is 0 Å². The number of amides is 1. The number of hydrogen-bond acceptors (Lipinski definition) is 4. The van der Waals surface area contributed by atoms with Gasteiger partial charge >= 0.3 is 6.09 Å². The summed E-state index contributed by atoms with van der Waals surface area (Å²) in [5.41, 5.74) is 0.0794. The van der Waals surface area contributed by atoms with Crippen molar-refractivity contribution in [3.8, 4) is 0 Å². The van der Waals surface area contributed by atoms with Crippen LogP contribution < -0.4 is 0 Å². The van der Waals surface area contributed by atoms with Crippen molar-refractivity contribution in [2.75, 3.05) is 6.61 Å². The van der Waals surface area contributed by atoms with Gasteiger partial charge in [0.2, 0.25) is 0 Å². The second kappa shape index (κ2) is 5.40. The summed E-state index contributed by atoms with van der Waals surface area (Å²) in [6.07, 6.45) is 0.168. The van der Waals surface area contributed by atoms with E-state index in [4.69, 9.17) is 9.47 Å². The lowest BCUT2D eigenvalue weighted by molar-refractivity contribution is -0.112. The Bertz CT molecular complexity index is 458. The van der Waals surface area contributed by atoms with E-state index >= 15 is 0 Å². The minimum Gasteiger partial charge on any atom is -0.444 e. The van der Waals surface area contributed by atoms with Gasteiger partial charge in [-0.25, -0.2) is 4.79 Å². The number of nitrogens with zero attached hydrogens (tertiary/aromatic N) is 1. The second-order valence-corrected chi connectivity index (χ2v) is 4.87. The van der Waals surface area contributed by atoms with Gasteiger partial charge in [-0.2, -0.15) is 0 Å². The molecule has 1 saturated heterocycles. The number of rotatable bonds is 3. The lowest BCUT2D eigenvalue weighted by Gasteiger charge is -2.30. The third-order valence-electron chi connectivity index (χ3n) is 3.08. The molecule has 1 aromatic rings. The van der Waals surface area contributed by atoms with Crippen LogP contribution >= 0.6 is 0 Å². The third kappa shape index (κ3) is 2.93. The average molecular weight is 263 g/mol. The molecule has 0 unspecified atom stereocenters. The molecule has 0 bridgehead atoms. The predicted molar refractivity (Wildman–Crippen MR) is 68.3 cm³/mol. The molecule has 0 aliphatic carbocycles. The zero-order valence-electron chi connectivity index (χ0n) is 11.0. The van der Waals surface area contributed by atoms with Crippen molar-refractivity contribution in [2.24, 2.45) is 0 Å². The van der Waals surface area contributed by atoms with E-state index in [-0.39, 0.29) is 13.2 Å². The van der Waals surface area contributed by atoms with Crippen LogP contribution in [0.15, 0.2) is 30.3 Å². The molecule has 5 nitrogen and oxygen atoms in total. The van der Waals surface area contributed by atoms with E-state index < -0.39 is 17.9 Å². The molecule has 2 rings (SSSR count). The Labute approximate surface area is 112 Å². The highest BCUT2D eigenvalue weighted by Gasteiger charge is 2.44. The van der Waals surface area contributed by atoms with Crippen molar-refractivity contribution >= 4 is 12.4 Å². The maximum Gasteiger partial charge on any atom is 0.413 e. The summed E-state index contributed by atoms with van der Waals surface area (Å²) in [6, 6.07) is 8.80. The predicted octanol–water partition coefficient (Wildman–Crippen LogP) is 1.96. The molecule has 19 heavy (non-hydrogen) atoms. The number of hydrogen-bond donors (Lipinski definition) is 0. The van der Waals surface area contributed by atoms with Crippen LogP contribution in [0.1, 0.15) is 19.4 Å². The summed E-state index contributed by atoms with van der Waals surface area (Å²) in [4.78, 5) is 24.4. The summed E-state index contributed by atoms with van der Waals surface area (Å²) in [7, 11) is 0. The number of carbonyl (C=O) groups is 2. The van der Waals surface area contributed by atoms with Crippen molar-refractivity contribution < 1.29 is 19.1 Å². The minimum atomic E-state index is -0.820. The van der Waals surface area contributed by atoms with Crippen LogP contribution in [0.4, 0.5) is 4.79 Å². The van der Waals surface area contributed by atoms with E-state index in [0.29, 0.717) is 6.29 Å². The Morgan fingerprint density at radius 2 is 2.16 bits per heavy atom. The first-order valence-corrected chi connectivity index (χ1v) is 6.14. The summed E-state index contributed by atoms with van der Waals surface area (Å²) >= 11 is 0. The van der Waals surface area contributed by atoms with Crippen LogP contribution in [0, 0.1) is 0 Å². The Balaban J connectivity index is 2.00. The van der Waals surface area contributed by atoms with Crippen molar-refractivity contribution in [2.45, 2.75) is 32.2 Å². The molecule has 102 valence electrons. The van der Waals surface area contributed by atoms with Crippen molar-refractivity contribution in [1.29, 1.82) is 0 Å². The molecule has 1 amide bonds. The molecule has 0 saturated carbocycles. The number of benzene rings is 1. The van der Waals surface area contributed by atoms with Crippen LogP contribution in [0.2, 0.25) is 0 Å². The molecule has 1 aromatic carbocycles. The van der Waals surface area contributed by atoms with Crippen LogP contribution in [-0.4, -0.2) is 35.7 Å². The van der Waals surface area contributed by atoms with E-state index in [1.54, 1.807) is 13.8 Å². The molecule has 0 radical (unpaired) electrons. The molecular weight excluding hydrogens is 246 g/mol. The van der Waals surface area contributed by atoms with Crippen molar-refractivity contribution in [3.63, 3.8) is 0 Å². The first-order valence-electron chi connectivity index (χ1n) is 6.14. The van der Waals surface area contributed by atoms with E-state index in [1.807, 2.05) is 30.3 Å². The number of aldehydes is 1. The average Bonchev–Trinajstić information content (AvgIpc) is 2.72. The monoisotopic (exact) mass is 263 g/mol. The minimum absolute atomic E-state index is 0.178. The van der Waals surface area contributed by atoms with Crippen LogP contribution in [-0.2, 0) is 20.9 Å². The Morgan fingerprint density at radius 3 is 2.79 bits per heavy atom. The highest BCUT2D eigenvalue weighted by atomic mass is 16.6. The van der Waals surface area contributed by atoms with Gasteiger partial charge in [0, 0.05) is 0 Å². The van der Waals surface area contributed by atoms with Gasteiger partial charge < -0.3 is 14.3 Å². The zero-order chi connectivity index (χ0) is 13.9. The van der Waals surface area contributed by atoms with Gasteiger partial charge in [0.1, 0.15) is 24.7 Å². The molecule has 1 aliphatic heterocycles. The van der Waals surface area contributed by atoms with E-state index in [2.05, 4.69) is 0 Å². The fraction of sp³-hybridized carbons (Fsp3) is 0.429. The number of carbonyl (C=O) groups excluding carboxylic acids is 2. The Kier molecular flexibility index (Phi) is 3.85. The normalized spacial score (nSPS) is 21.2. The second-order valence-electron chi connectivity index (χ2n) is 4.87. The lowest BCUT2D eigenvalue weighted by Crippen LogP contribution is -2.48. The molecular formula is C14H17NO4. The number of ether oxygens (including phenoxy) is 2. The molecule has 0 N–H and O–H groups in total. The molecule has 1 heterocycles. The van der Waals surface area contributed by atoms with Gasteiger partial charge in [0.25, 0.3) is 0 Å². The van der Waals surface area contributed by atoms with Crippen molar-refractivity contribution in [3.05, 3.63) is 35.9 Å². The first-order chi connectivity index (χ1) is 9.04. The largest absolute Gasteiger partial charge is 0.444 e. The van der Waals surface area contributed by atoms with Gasteiger partial charge in [-0.1, -0.05) is 30.3 Å². The van der Waals surface area contributed by atoms with Gasteiger partial charge in [0.05, 0.1) is 6.61 Å². The highest BCUT2D eigenvalue weighted by Crippen LogP contribution is 2.27. The third-order valence-corrected chi connectivity index (χ3v) is 3.08. The molecule has 1 fully saturated rings. The Hall–Kier alpha value is -1.88. The van der Waals surface area contributed by atoms with Crippen molar-refractivity contribution in [1.82, 2.24) is 4.90 Å². The summed E-state index contributed by atoms with van der Waals surface area (Å²) in [5, 5.41) is 0. The van der Waals surface area contributed by atoms with E-state index in [9.17, 15) is 9.59 Å². The smallest absolute Gasteiger partial charge is 0.413 e. The van der Waals surface area contributed by atoms with Crippen LogP contribution in [0.5, 0.6) is 0 Å². The summed E-state index contributed by atoms with van der Waals surface area (Å²) in [5.74, 6) is 0. The summed E-state index contributed by atoms with van der Waals surface area (Å²) < 4.78 is 10.7. The van der Waals surface area contributed by atoms with Gasteiger partial charge in [-0.05, 0) is 19.4 Å². The molecule has 5 heteroatoms. The van der Waals surface area contributed by atoms with E-state index in [0.717, 1.165) is 5.56 Å². The summed E-state index contributed by atoms with van der Waals surface area (Å²) in [6.45, 7) is 3.86. The SMILES string of the molecule is CC1(C)OC[C@@H](C=O)N1C(=O)OCc1ccccc1. The van der Waals surface area contributed by atoms with Gasteiger partial charge in [-0.15, -0.1) is 0 Å². The highest BCUT2D eigenvalue weighted by molar-refractivity contribution is 5.75. The molecule has 0 spiro atoms. The topological polar surface area (TPSA) is 55.8 Å². The first kappa shape index (κ1) is 13.5. The van der Waals surface area contributed by atoms with Gasteiger partial charge in [-0.3, -0.25) is 4.90 Å². The maximum absolute atomic E-state index is 12.1. The lowest BCUT2D eigenvalue weighted by atomic mass is 10.2. The molecule has 1 atom stereocenters. The fourth-order valence-electron chi connectivity index (χ4n) is 2.08. The molecule has 0 aromatic heterocycles. The molecule has 1 aliphatic rings. The quantitative estimate of drug-likeness (QED) is 0.782. The zero-order valence-corrected chi connectivity index (χ0v) is 11.0. The van der Waals surface area contributed by atoms with E-state index in [1.165, 1.54) is 4.90 Å². The van der Waals surface area contributed by atoms with Gasteiger partial charge in [0.15, 0.2) is 0 Å². The van der Waals surface area contributed by atoms with Crippen LogP contribution in [0.3, 0.4) is 0 Å². The standard InChI is InChI=1S/C14H17NO4/c1-14(2)15(12(8-16)10-19-14)13(17)18-9-11-6-4-3-5-7-11/h3-8,12H,9-10H2,1-2H3/t12-/m1/s1. The fourth-order valence-corrected chi connectivity index (χ4v) is 2.08.